The van der Waals surface area contributed by atoms with Gasteiger partial charge in [-0.1, -0.05) is 42.1 Å². The van der Waals surface area contributed by atoms with Crippen LogP contribution < -0.4 is 5.32 Å². The zero-order valence-electron chi connectivity index (χ0n) is 14.8. The summed E-state index contributed by atoms with van der Waals surface area (Å²) in [5, 5.41) is 13.8. The second-order valence-electron chi connectivity index (χ2n) is 6.02. The summed E-state index contributed by atoms with van der Waals surface area (Å²) >= 11 is 3.01. The van der Waals surface area contributed by atoms with Crippen molar-refractivity contribution in [2.45, 2.75) is 18.9 Å². The molecule has 0 radical (unpaired) electrons. The molecule has 0 aliphatic carbocycles. The molecular formula is C19H17N5OS2. The molecule has 6 nitrogen and oxygen atoms in total. The van der Waals surface area contributed by atoms with Crippen LogP contribution in [-0.4, -0.2) is 31.8 Å². The minimum Gasteiger partial charge on any atom is -0.322 e. The topological polar surface area (TPSA) is 83.6 Å². The maximum atomic E-state index is 12.4. The molecule has 0 aliphatic heterocycles. The number of hydrogen-bond donors (Lipinski definition) is 2. The zero-order valence-corrected chi connectivity index (χ0v) is 16.4. The fourth-order valence-corrected chi connectivity index (χ4v) is 4.62. The Balaban J connectivity index is 1.57. The number of thioether (sulfide) groups is 1. The molecule has 0 spiro atoms. The molecule has 1 aromatic carbocycles. The number of anilines is 1. The van der Waals surface area contributed by atoms with E-state index in [0.29, 0.717) is 0 Å². The van der Waals surface area contributed by atoms with Crippen molar-refractivity contribution in [3.8, 4) is 11.1 Å². The van der Waals surface area contributed by atoms with Gasteiger partial charge in [0.05, 0.1) is 28.2 Å². The zero-order chi connectivity index (χ0) is 18.8. The number of hydrogen-bond acceptors (Lipinski definition) is 6. The van der Waals surface area contributed by atoms with E-state index >= 15 is 0 Å². The Labute approximate surface area is 164 Å². The predicted octanol–water partition coefficient (Wildman–Crippen LogP) is 4.43. The van der Waals surface area contributed by atoms with Crippen molar-refractivity contribution in [1.82, 2.24) is 20.2 Å². The lowest BCUT2D eigenvalue weighted by Gasteiger charge is -2.07. The Morgan fingerprint density at radius 1 is 1.22 bits per heavy atom. The van der Waals surface area contributed by atoms with Gasteiger partial charge in [-0.05, 0) is 19.4 Å². The summed E-state index contributed by atoms with van der Waals surface area (Å²) in [7, 11) is 0. The van der Waals surface area contributed by atoms with E-state index in [1.165, 1.54) is 11.8 Å². The molecule has 0 aliphatic rings. The number of aromatic amines is 1. The van der Waals surface area contributed by atoms with Crippen LogP contribution in [0.5, 0.6) is 0 Å². The molecule has 0 saturated carbocycles. The first-order chi connectivity index (χ1) is 13.1. The van der Waals surface area contributed by atoms with Crippen molar-refractivity contribution in [3.63, 3.8) is 0 Å². The fraction of sp³-hybridized carbons (Fsp3) is 0.158. The monoisotopic (exact) mass is 395 g/mol. The Kier molecular flexibility index (Phi) is 4.91. The molecule has 4 aromatic rings. The number of thiophene rings is 1. The molecular weight excluding hydrogens is 378 g/mol. The summed E-state index contributed by atoms with van der Waals surface area (Å²) in [5.74, 6) is 0.177. The molecule has 136 valence electrons. The van der Waals surface area contributed by atoms with Gasteiger partial charge < -0.3 is 5.32 Å². The Morgan fingerprint density at radius 3 is 2.78 bits per heavy atom. The Bertz CT molecular complexity index is 1080. The number of fused-ring (bicyclic) bond motifs is 1. The van der Waals surface area contributed by atoms with Gasteiger partial charge in [-0.2, -0.15) is 5.10 Å². The number of aryl methyl sites for hydroxylation is 2. The molecule has 1 amide bonds. The SMILES string of the molecule is Cc1n[nH]c(C)c1NC(=O)CSc1ncnc2scc(-c3ccccc3)c12. The van der Waals surface area contributed by atoms with E-state index in [1.54, 1.807) is 17.7 Å². The smallest absolute Gasteiger partial charge is 0.234 e. The van der Waals surface area contributed by atoms with Gasteiger partial charge in [-0.25, -0.2) is 9.97 Å². The molecule has 0 bridgehead atoms. The molecule has 0 saturated heterocycles. The van der Waals surface area contributed by atoms with E-state index in [1.807, 2.05) is 32.0 Å². The lowest BCUT2D eigenvalue weighted by molar-refractivity contribution is -0.113. The van der Waals surface area contributed by atoms with Crippen molar-refractivity contribution in [3.05, 3.63) is 53.4 Å². The van der Waals surface area contributed by atoms with E-state index < -0.39 is 0 Å². The summed E-state index contributed by atoms with van der Waals surface area (Å²) in [5.41, 5.74) is 4.59. The number of aromatic nitrogens is 4. The first-order valence-corrected chi connectivity index (χ1v) is 10.2. The van der Waals surface area contributed by atoms with Gasteiger partial charge in [0.25, 0.3) is 0 Å². The summed E-state index contributed by atoms with van der Waals surface area (Å²) < 4.78 is 0. The molecule has 0 atom stereocenters. The number of carbonyl (C=O) groups excluding carboxylic acids is 1. The number of benzene rings is 1. The number of nitrogens with one attached hydrogen (secondary N) is 2. The minimum atomic E-state index is -0.0872. The van der Waals surface area contributed by atoms with E-state index in [2.05, 4.69) is 43.0 Å². The lowest BCUT2D eigenvalue weighted by Crippen LogP contribution is -2.15. The van der Waals surface area contributed by atoms with Crippen molar-refractivity contribution >= 4 is 44.9 Å². The molecule has 0 fully saturated rings. The fourth-order valence-electron chi connectivity index (χ4n) is 2.83. The molecule has 3 aromatic heterocycles. The van der Waals surface area contributed by atoms with E-state index in [0.717, 1.165) is 43.4 Å². The number of carbonyl (C=O) groups is 1. The molecule has 27 heavy (non-hydrogen) atoms. The van der Waals surface area contributed by atoms with Crippen LogP contribution in [0.25, 0.3) is 21.3 Å². The van der Waals surface area contributed by atoms with Crippen LogP contribution in [-0.2, 0) is 4.79 Å². The van der Waals surface area contributed by atoms with Crippen LogP contribution in [0.4, 0.5) is 5.69 Å². The van der Waals surface area contributed by atoms with Crippen LogP contribution in [0.1, 0.15) is 11.4 Å². The predicted molar refractivity (Wildman–Crippen MR) is 110 cm³/mol. The van der Waals surface area contributed by atoms with Gasteiger partial charge in [0.15, 0.2) is 0 Å². The highest BCUT2D eigenvalue weighted by Gasteiger charge is 2.16. The van der Waals surface area contributed by atoms with E-state index in [4.69, 9.17) is 0 Å². The molecule has 8 heteroatoms. The van der Waals surface area contributed by atoms with Crippen molar-refractivity contribution < 1.29 is 4.79 Å². The van der Waals surface area contributed by atoms with Gasteiger partial charge in [0.1, 0.15) is 16.2 Å². The van der Waals surface area contributed by atoms with Crippen LogP contribution >= 0.6 is 23.1 Å². The molecule has 4 rings (SSSR count). The quantitative estimate of drug-likeness (QED) is 0.386. The third kappa shape index (κ3) is 3.58. The van der Waals surface area contributed by atoms with Gasteiger partial charge in [0, 0.05) is 10.9 Å². The summed E-state index contributed by atoms with van der Waals surface area (Å²) in [6, 6.07) is 10.2. The van der Waals surface area contributed by atoms with Gasteiger partial charge in [0.2, 0.25) is 5.91 Å². The second-order valence-corrected chi connectivity index (χ2v) is 7.84. The number of nitrogens with zero attached hydrogens (tertiary/aromatic N) is 3. The first-order valence-electron chi connectivity index (χ1n) is 8.35. The summed E-state index contributed by atoms with van der Waals surface area (Å²) in [6.45, 7) is 3.74. The Hall–Kier alpha value is -2.71. The number of H-pyrrole nitrogens is 1. The van der Waals surface area contributed by atoms with E-state index in [9.17, 15) is 4.79 Å². The Morgan fingerprint density at radius 2 is 2.04 bits per heavy atom. The highest BCUT2D eigenvalue weighted by Crippen LogP contribution is 2.37. The van der Waals surface area contributed by atoms with Crippen molar-refractivity contribution in [2.75, 3.05) is 11.1 Å². The highest BCUT2D eigenvalue weighted by molar-refractivity contribution is 8.00. The van der Waals surface area contributed by atoms with Crippen LogP contribution in [0, 0.1) is 13.8 Å². The van der Waals surface area contributed by atoms with Crippen molar-refractivity contribution in [1.29, 1.82) is 0 Å². The maximum absolute atomic E-state index is 12.4. The normalized spacial score (nSPS) is 11.0. The largest absolute Gasteiger partial charge is 0.322 e. The summed E-state index contributed by atoms with van der Waals surface area (Å²) in [4.78, 5) is 22.1. The van der Waals surface area contributed by atoms with E-state index in [-0.39, 0.29) is 11.7 Å². The average molecular weight is 396 g/mol. The van der Waals surface area contributed by atoms with Crippen LogP contribution in [0.2, 0.25) is 0 Å². The highest BCUT2D eigenvalue weighted by atomic mass is 32.2. The standard InChI is InChI=1S/C19H17N5OS2/c1-11-17(12(2)24-23-11)22-15(25)9-27-19-16-14(13-6-4-3-5-7-13)8-26-18(16)20-10-21-19/h3-8,10H,9H2,1-2H3,(H,22,25)(H,23,24). The molecule has 0 unspecified atom stereocenters. The van der Waals surface area contributed by atoms with Crippen molar-refractivity contribution in [2.24, 2.45) is 0 Å². The van der Waals surface area contributed by atoms with Crippen LogP contribution in [0.15, 0.2) is 47.1 Å². The minimum absolute atomic E-state index is 0.0872. The molecule has 3 heterocycles. The lowest BCUT2D eigenvalue weighted by atomic mass is 10.1. The van der Waals surface area contributed by atoms with Crippen LogP contribution in [0.3, 0.4) is 0 Å². The maximum Gasteiger partial charge on any atom is 0.234 e. The van der Waals surface area contributed by atoms with Gasteiger partial charge in [-0.15, -0.1) is 11.3 Å². The third-order valence-corrected chi connectivity index (χ3v) is 6.03. The number of amides is 1. The van der Waals surface area contributed by atoms with Gasteiger partial charge in [-0.3, -0.25) is 9.89 Å². The van der Waals surface area contributed by atoms with Gasteiger partial charge >= 0.3 is 0 Å². The second kappa shape index (κ2) is 7.50. The first kappa shape index (κ1) is 17.7. The average Bonchev–Trinajstić information content (AvgIpc) is 3.26. The molecule has 2 N–H and O–H groups in total. The third-order valence-electron chi connectivity index (χ3n) is 4.15. The number of rotatable bonds is 5. The summed E-state index contributed by atoms with van der Waals surface area (Å²) in [6.07, 6.45) is 1.55.